The predicted octanol–water partition coefficient (Wildman–Crippen LogP) is 4.03. The molecule has 0 amide bonds. The molecule has 19 heavy (non-hydrogen) atoms. The molecular weight excluding hydrogens is 302 g/mol. The smallest absolute Gasteiger partial charge is 0.0622 e. The van der Waals surface area contributed by atoms with Gasteiger partial charge in [-0.05, 0) is 70.3 Å². The van der Waals surface area contributed by atoms with Crippen molar-refractivity contribution in [1.29, 1.82) is 0 Å². The standard InChI is InChI=1S/C16H26BrNO/c1-16(2,19-4)9-8-14(12-18-3)10-13-6-5-7-15(17)11-13/h5-7,11,14,18H,8-10,12H2,1-4H3. The highest BCUT2D eigenvalue weighted by atomic mass is 79.9. The lowest BCUT2D eigenvalue weighted by molar-refractivity contribution is 0.0104. The van der Waals surface area contributed by atoms with E-state index in [1.807, 2.05) is 7.05 Å². The van der Waals surface area contributed by atoms with E-state index in [1.54, 1.807) is 7.11 Å². The minimum absolute atomic E-state index is 0.0245. The Bertz CT molecular complexity index is 379. The van der Waals surface area contributed by atoms with Gasteiger partial charge in [-0.25, -0.2) is 0 Å². The summed E-state index contributed by atoms with van der Waals surface area (Å²) >= 11 is 3.54. The van der Waals surface area contributed by atoms with E-state index in [9.17, 15) is 0 Å². The van der Waals surface area contributed by atoms with Crippen LogP contribution in [0.15, 0.2) is 28.7 Å². The van der Waals surface area contributed by atoms with Crippen LogP contribution in [0, 0.1) is 5.92 Å². The molecular formula is C16H26BrNO. The summed E-state index contributed by atoms with van der Waals surface area (Å²) in [5, 5.41) is 3.30. The second-order valence-electron chi connectivity index (χ2n) is 5.76. The molecule has 1 unspecified atom stereocenters. The molecule has 0 bridgehead atoms. The number of benzene rings is 1. The monoisotopic (exact) mass is 327 g/mol. The van der Waals surface area contributed by atoms with Gasteiger partial charge in [-0.3, -0.25) is 0 Å². The Balaban J connectivity index is 2.57. The van der Waals surface area contributed by atoms with Gasteiger partial charge in [0.05, 0.1) is 5.60 Å². The number of methoxy groups -OCH3 is 1. The first-order valence-electron chi connectivity index (χ1n) is 6.91. The highest BCUT2D eigenvalue weighted by Gasteiger charge is 2.19. The van der Waals surface area contributed by atoms with Crippen molar-refractivity contribution in [2.75, 3.05) is 20.7 Å². The summed E-state index contributed by atoms with van der Waals surface area (Å²) in [6.45, 7) is 5.36. The number of halogens is 1. The third-order valence-electron chi connectivity index (χ3n) is 3.61. The lowest BCUT2D eigenvalue weighted by Crippen LogP contribution is -2.27. The highest BCUT2D eigenvalue weighted by molar-refractivity contribution is 9.10. The molecule has 1 rings (SSSR count). The molecule has 1 aromatic rings. The Hall–Kier alpha value is -0.380. The van der Waals surface area contributed by atoms with Crippen molar-refractivity contribution in [3.05, 3.63) is 34.3 Å². The summed E-state index contributed by atoms with van der Waals surface area (Å²) < 4.78 is 6.67. The van der Waals surface area contributed by atoms with Gasteiger partial charge in [-0.15, -0.1) is 0 Å². The number of hydrogen-bond donors (Lipinski definition) is 1. The van der Waals surface area contributed by atoms with E-state index >= 15 is 0 Å². The fourth-order valence-corrected chi connectivity index (χ4v) is 2.66. The van der Waals surface area contributed by atoms with Gasteiger partial charge in [-0.2, -0.15) is 0 Å². The third-order valence-corrected chi connectivity index (χ3v) is 4.11. The van der Waals surface area contributed by atoms with Crippen molar-refractivity contribution < 1.29 is 4.74 Å². The normalized spacial score (nSPS) is 13.5. The zero-order valence-corrected chi connectivity index (χ0v) is 14.1. The number of nitrogens with one attached hydrogen (secondary N) is 1. The van der Waals surface area contributed by atoms with Gasteiger partial charge in [0.1, 0.15) is 0 Å². The molecule has 1 N–H and O–H groups in total. The largest absolute Gasteiger partial charge is 0.379 e. The SMILES string of the molecule is CNCC(CCC(C)(C)OC)Cc1cccc(Br)c1. The maximum absolute atomic E-state index is 5.51. The quantitative estimate of drug-likeness (QED) is 0.778. The van der Waals surface area contributed by atoms with Crippen LogP contribution in [0.2, 0.25) is 0 Å². The van der Waals surface area contributed by atoms with Crippen molar-refractivity contribution in [2.45, 2.75) is 38.7 Å². The van der Waals surface area contributed by atoms with Crippen LogP contribution < -0.4 is 5.32 Å². The second-order valence-corrected chi connectivity index (χ2v) is 6.68. The van der Waals surface area contributed by atoms with E-state index in [4.69, 9.17) is 4.74 Å². The molecule has 108 valence electrons. The van der Waals surface area contributed by atoms with Crippen LogP contribution in [-0.4, -0.2) is 26.3 Å². The Labute approximate surface area is 126 Å². The molecule has 0 saturated heterocycles. The zero-order valence-electron chi connectivity index (χ0n) is 12.5. The van der Waals surface area contributed by atoms with Gasteiger partial charge in [0.2, 0.25) is 0 Å². The van der Waals surface area contributed by atoms with Crippen LogP contribution in [0.25, 0.3) is 0 Å². The Kier molecular flexibility index (Phi) is 7.05. The van der Waals surface area contributed by atoms with Gasteiger partial charge in [0.25, 0.3) is 0 Å². The van der Waals surface area contributed by atoms with Crippen molar-refractivity contribution in [1.82, 2.24) is 5.32 Å². The number of rotatable bonds is 8. The summed E-state index contributed by atoms with van der Waals surface area (Å²) in [5.74, 6) is 0.647. The van der Waals surface area contributed by atoms with Gasteiger partial charge >= 0.3 is 0 Å². The average molecular weight is 328 g/mol. The van der Waals surface area contributed by atoms with Crippen LogP contribution in [0.3, 0.4) is 0 Å². The third kappa shape index (κ3) is 6.55. The van der Waals surface area contributed by atoms with Crippen LogP contribution in [-0.2, 0) is 11.2 Å². The van der Waals surface area contributed by atoms with E-state index in [0.29, 0.717) is 5.92 Å². The van der Waals surface area contributed by atoms with E-state index < -0.39 is 0 Å². The summed E-state index contributed by atoms with van der Waals surface area (Å²) in [7, 11) is 3.82. The maximum atomic E-state index is 5.51. The number of ether oxygens (including phenoxy) is 1. The second kappa shape index (κ2) is 8.03. The molecule has 3 heteroatoms. The van der Waals surface area contributed by atoms with Gasteiger partial charge < -0.3 is 10.1 Å². The van der Waals surface area contributed by atoms with Crippen LogP contribution in [0.1, 0.15) is 32.3 Å². The lowest BCUT2D eigenvalue weighted by atomic mass is 9.90. The van der Waals surface area contributed by atoms with E-state index in [-0.39, 0.29) is 5.60 Å². The van der Waals surface area contributed by atoms with E-state index in [0.717, 1.165) is 23.9 Å². The zero-order chi connectivity index (χ0) is 14.3. The van der Waals surface area contributed by atoms with Crippen LogP contribution in [0.5, 0.6) is 0 Å². The maximum Gasteiger partial charge on any atom is 0.0622 e. The molecule has 0 fully saturated rings. The van der Waals surface area contributed by atoms with Crippen molar-refractivity contribution >= 4 is 15.9 Å². The molecule has 1 aromatic carbocycles. The van der Waals surface area contributed by atoms with E-state index in [1.165, 1.54) is 12.0 Å². The highest BCUT2D eigenvalue weighted by Crippen LogP contribution is 2.22. The number of hydrogen-bond acceptors (Lipinski definition) is 2. The van der Waals surface area contributed by atoms with Crippen LogP contribution >= 0.6 is 15.9 Å². The van der Waals surface area contributed by atoms with Gasteiger partial charge in [-0.1, -0.05) is 28.1 Å². The summed E-state index contributed by atoms with van der Waals surface area (Å²) in [5.41, 5.74) is 1.37. The van der Waals surface area contributed by atoms with Crippen molar-refractivity contribution in [3.8, 4) is 0 Å². The molecule has 0 saturated carbocycles. The Morgan fingerprint density at radius 3 is 2.68 bits per heavy atom. The molecule has 1 atom stereocenters. The Morgan fingerprint density at radius 1 is 1.37 bits per heavy atom. The van der Waals surface area contributed by atoms with Gasteiger partial charge in [0.15, 0.2) is 0 Å². The van der Waals surface area contributed by atoms with Crippen LogP contribution in [0.4, 0.5) is 0 Å². The fraction of sp³-hybridized carbons (Fsp3) is 0.625. The molecule has 0 aliphatic rings. The molecule has 0 aromatic heterocycles. The fourth-order valence-electron chi connectivity index (χ4n) is 2.22. The topological polar surface area (TPSA) is 21.3 Å². The minimum atomic E-state index is -0.0245. The molecule has 0 heterocycles. The first-order chi connectivity index (χ1) is 8.96. The van der Waals surface area contributed by atoms with Gasteiger partial charge in [0, 0.05) is 11.6 Å². The summed E-state index contributed by atoms with van der Waals surface area (Å²) in [4.78, 5) is 0. The molecule has 2 nitrogen and oxygen atoms in total. The molecule has 0 radical (unpaired) electrons. The first-order valence-corrected chi connectivity index (χ1v) is 7.70. The molecule has 0 spiro atoms. The Morgan fingerprint density at radius 2 is 2.11 bits per heavy atom. The molecule has 0 aliphatic heterocycles. The summed E-state index contributed by atoms with van der Waals surface area (Å²) in [6, 6.07) is 8.60. The van der Waals surface area contributed by atoms with E-state index in [2.05, 4.69) is 59.4 Å². The lowest BCUT2D eigenvalue weighted by Gasteiger charge is -2.26. The molecule has 0 aliphatic carbocycles. The van der Waals surface area contributed by atoms with Crippen molar-refractivity contribution in [3.63, 3.8) is 0 Å². The van der Waals surface area contributed by atoms with Crippen molar-refractivity contribution in [2.24, 2.45) is 5.92 Å². The minimum Gasteiger partial charge on any atom is -0.379 e. The predicted molar refractivity (Wildman–Crippen MR) is 85.6 cm³/mol. The summed E-state index contributed by atoms with van der Waals surface area (Å²) in [6.07, 6.45) is 3.37. The first kappa shape index (κ1) is 16.7. The average Bonchev–Trinajstić information content (AvgIpc) is 2.36.